The van der Waals surface area contributed by atoms with Crippen LogP contribution in [0.25, 0.3) is 10.9 Å². The van der Waals surface area contributed by atoms with Crippen LogP contribution >= 0.6 is 0 Å². The van der Waals surface area contributed by atoms with Crippen molar-refractivity contribution in [3.05, 3.63) is 42.2 Å². The smallest absolute Gasteiger partial charge is 0.228 e. The number of hydrogen-bond donors (Lipinski definition) is 1. The van der Waals surface area contributed by atoms with Crippen molar-refractivity contribution in [1.29, 1.82) is 0 Å². The number of hydrogen-bond acceptors (Lipinski definition) is 7. The lowest BCUT2D eigenvalue weighted by molar-refractivity contribution is 0.356. The number of anilines is 3. The summed E-state index contributed by atoms with van der Waals surface area (Å²) in [5, 5.41) is 0.728. The lowest BCUT2D eigenvalue weighted by atomic mass is 10.2. The molecule has 2 aromatic carbocycles. The molecule has 28 heavy (non-hydrogen) atoms. The first-order chi connectivity index (χ1) is 13.6. The molecule has 3 aromatic rings. The minimum Gasteiger partial charge on any atom is -0.493 e. The van der Waals surface area contributed by atoms with Crippen LogP contribution < -0.4 is 25.0 Å². The molecule has 1 aromatic heterocycles. The second-order valence-corrected chi connectivity index (χ2v) is 6.58. The molecule has 0 unspecified atom stereocenters. The van der Waals surface area contributed by atoms with Crippen LogP contribution in [-0.4, -0.2) is 50.4 Å². The van der Waals surface area contributed by atoms with Crippen LogP contribution in [0.1, 0.15) is 0 Å². The molecule has 8 heteroatoms. The molecule has 0 spiro atoms. The van der Waals surface area contributed by atoms with Gasteiger partial charge >= 0.3 is 0 Å². The SMILES string of the molecule is COc1cc2nc(N3CCN(c4ccc(F)cc4)CC3)nc(N)c2cc1OC. The van der Waals surface area contributed by atoms with E-state index in [1.165, 1.54) is 12.1 Å². The second kappa shape index (κ2) is 7.38. The van der Waals surface area contributed by atoms with E-state index in [9.17, 15) is 4.39 Å². The van der Waals surface area contributed by atoms with Gasteiger partial charge in [0, 0.05) is 43.3 Å². The maximum atomic E-state index is 13.1. The van der Waals surface area contributed by atoms with E-state index in [1.54, 1.807) is 32.4 Å². The van der Waals surface area contributed by atoms with E-state index in [2.05, 4.69) is 19.8 Å². The zero-order valence-electron chi connectivity index (χ0n) is 15.9. The van der Waals surface area contributed by atoms with E-state index in [-0.39, 0.29) is 5.82 Å². The Balaban J connectivity index is 1.57. The summed E-state index contributed by atoms with van der Waals surface area (Å²) in [5.74, 6) is 1.96. The number of nitrogen functional groups attached to an aromatic ring is 1. The molecule has 1 aliphatic heterocycles. The number of halogens is 1. The Hall–Kier alpha value is -3.29. The highest BCUT2D eigenvalue weighted by Crippen LogP contribution is 2.34. The van der Waals surface area contributed by atoms with Crippen LogP contribution in [0, 0.1) is 5.82 Å². The monoisotopic (exact) mass is 383 g/mol. The summed E-state index contributed by atoms with van der Waals surface area (Å²) >= 11 is 0. The van der Waals surface area contributed by atoms with Crippen LogP contribution in [0.5, 0.6) is 11.5 Å². The summed E-state index contributed by atoms with van der Waals surface area (Å²) in [6.07, 6.45) is 0. The van der Waals surface area contributed by atoms with Gasteiger partial charge in [0.1, 0.15) is 11.6 Å². The topological polar surface area (TPSA) is 76.7 Å². The maximum absolute atomic E-state index is 13.1. The fourth-order valence-electron chi connectivity index (χ4n) is 3.42. The second-order valence-electron chi connectivity index (χ2n) is 6.58. The molecule has 0 saturated carbocycles. The summed E-state index contributed by atoms with van der Waals surface area (Å²) in [7, 11) is 3.17. The standard InChI is InChI=1S/C20H22FN5O2/c1-27-17-11-15-16(12-18(17)28-2)23-20(24-19(15)22)26-9-7-25(8-10-26)14-5-3-13(21)4-6-14/h3-6,11-12H,7-10H2,1-2H3,(H2,22,23,24). The van der Waals surface area contributed by atoms with Crippen LogP contribution in [0.15, 0.2) is 36.4 Å². The van der Waals surface area contributed by atoms with Crippen LogP contribution in [0.4, 0.5) is 21.8 Å². The minimum atomic E-state index is -0.227. The minimum absolute atomic E-state index is 0.227. The van der Waals surface area contributed by atoms with Crippen molar-refractivity contribution >= 4 is 28.4 Å². The van der Waals surface area contributed by atoms with E-state index in [0.717, 1.165) is 37.3 Å². The van der Waals surface area contributed by atoms with E-state index in [4.69, 9.17) is 15.2 Å². The number of ether oxygens (including phenoxy) is 2. The van der Waals surface area contributed by atoms with Gasteiger partial charge in [0.15, 0.2) is 11.5 Å². The van der Waals surface area contributed by atoms with Gasteiger partial charge in [0.25, 0.3) is 0 Å². The first-order valence-electron chi connectivity index (χ1n) is 9.04. The molecule has 2 N–H and O–H groups in total. The molecule has 4 rings (SSSR count). The Morgan fingerprint density at radius 2 is 1.50 bits per heavy atom. The highest BCUT2D eigenvalue weighted by atomic mass is 19.1. The first kappa shape index (κ1) is 18.1. The highest BCUT2D eigenvalue weighted by Gasteiger charge is 2.21. The van der Waals surface area contributed by atoms with Gasteiger partial charge in [-0.1, -0.05) is 0 Å². The lowest BCUT2D eigenvalue weighted by Crippen LogP contribution is -2.47. The quantitative estimate of drug-likeness (QED) is 0.742. The number of nitrogens with zero attached hydrogens (tertiary/aromatic N) is 4. The van der Waals surface area contributed by atoms with Crippen LogP contribution in [0.3, 0.4) is 0 Å². The Bertz CT molecular complexity index is 988. The Morgan fingerprint density at radius 1 is 0.893 bits per heavy atom. The van der Waals surface area contributed by atoms with E-state index in [1.807, 2.05) is 6.07 Å². The van der Waals surface area contributed by atoms with Gasteiger partial charge in [-0.3, -0.25) is 0 Å². The van der Waals surface area contributed by atoms with Crippen LogP contribution in [-0.2, 0) is 0 Å². The molecule has 0 radical (unpaired) electrons. The molecular weight excluding hydrogens is 361 g/mol. The number of nitrogens with two attached hydrogens (primary N) is 1. The van der Waals surface area contributed by atoms with Gasteiger partial charge in [-0.25, -0.2) is 9.37 Å². The molecule has 7 nitrogen and oxygen atoms in total. The zero-order chi connectivity index (χ0) is 19.7. The van der Waals surface area contributed by atoms with Crippen molar-refractivity contribution in [3.8, 4) is 11.5 Å². The molecule has 2 heterocycles. The first-order valence-corrected chi connectivity index (χ1v) is 9.04. The summed E-state index contributed by atoms with van der Waals surface area (Å²) < 4.78 is 23.8. The number of rotatable bonds is 4. The van der Waals surface area contributed by atoms with E-state index in [0.29, 0.717) is 28.8 Å². The molecule has 146 valence electrons. The highest BCUT2D eigenvalue weighted by molar-refractivity contribution is 5.91. The Morgan fingerprint density at radius 3 is 2.14 bits per heavy atom. The average Bonchev–Trinajstić information content (AvgIpc) is 2.73. The third-order valence-electron chi connectivity index (χ3n) is 4.97. The van der Waals surface area contributed by atoms with E-state index < -0.39 is 0 Å². The van der Waals surface area contributed by atoms with E-state index >= 15 is 0 Å². The fraction of sp³-hybridized carbons (Fsp3) is 0.300. The molecule has 1 fully saturated rings. The summed E-state index contributed by atoms with van der Waals surface area (Å²) in [6.45, 7) is 3.07. The van der Waals surface area contributed by atoms with Crippen molar-refractivity contribution < 1.29 is 13.9 Å². The van der Waals surface area contributed by atoms with Gasteiger partial charge in [-0.05, 0) is 30.3 Å². The summed E-state index contributed by atoms with van der Waals surface area (Å²) in [6, 6.07) is 10.2. The predicted molar refractivity (Wildman–Crippen MR) is 108 cm³/mol. The largest absolute Gasteiger partial charge is 0.493 e. The number of methoxy groups -OCH3 is 2. The summed E-state index contributed by atoms with van der Waals surface area (Å²) in [4.78, 5) is 13.5. The third-order valence-corrected chi connectivity index (χ3v) is 4.97. The lowest BCUT2D eigenvalue weighted by Gasteiger charge is -2.36. The molecule has 0 atom stereocenters. The molecule has 0 amide bonds. The maximum Gasteiger partial charge on any atom is 0.228 e. The van der Waals surface area contributed by atoms with Crippen molar-refractivity contribution in [2.24, 2.45) is 0 Å². The molecule has 1 aliphatic rings. The van der Waals surface area contributed by atoms with Crippen molar-refractivity contribution in [2.75, 3.05) is 55.9 Å². The summed E-state index contributed by atoms with van der Waals surface area (Å²) in [5.41, 5.74) is 7.91. The number of aromatic nitrogens is 2. The third kappa shape index (κ3) is 3.33. The van der Waals surface area contributed by atoms with Gasteiger partial charge in [-0.15, -0.1) is 0 Å². The predicted octanol–water partition coefficient (Wildman–Crippen LogP) is 2.69. The molecule has 0 bridgehead atoms. The number of fused-ring (bicyclic) bond motifs is 1. The van der Waals surface area contributed by atoms with Gasteiger partial charge in [0.05, 0.1) is 19.7 Å². The van der Waals surface area contributed by atoms with Crippen LogP contribution in [0.2, 0.25) is 0 Å². The van der Waals surface area contributed by atoms with Gasteiger partial charge in [0.2, 0.25) is 5.95 Å². The molecular formula is C20H22FN5O2. The van der Waals surface area contributed by atoms with Crippen molar-refractivity contribution in [2.45, 2.75) is 0 Å². The molecule has 1 saturated heterocycles. The molecule has 0 aliphatic carbocycles. The van der Waals surface area contributed by atoms with Gasteiger partial charge in [-0.2, -0.15) is 4.98 Å². The fourth-order valence-corrected chi connectivity index (χ4v) is 3.42. The average molecular weight is 383 g/mol. The number of benzene rings is 2. The zero-order valence-corrected chi connectivity index (χ0v) is 15.9. The Labute approximate surface area is 162 Å². The van der Waals surface area contributed by atoms with Crippen molar-refractivity contribution in [1.82, 2.24) is 9.97 Å². The van der Waals surface area contributed by atoms with Gasteiger partial charge < -0.3 is 25.0 Å². The Kier molecular flexibility index (Phi) is 4.77. The number of piperazine rings is 1. The normalized spacial score (nSPS) is 14.4. The van der Waals surface area contributed by atoms with Crippen molar-refractivity contribution in [3.63, 3.8) is 0 Å².